The third-order valence-electron chi connectivity index (χ3n) is 8.14. The zero-order valence-corrected chi connectivity index (χ0v) is 19.1. The van der Waals surface area contributed by atoms with Crippen molar-refractivity contribution in [2.75, 3.05) is 0 Å². The molecule has 2 saturated carbocycles. The van der Waals surface area contributed by atoms with E-state index in [1.54, 1.807) is 5.57 Å². The van der Waals surface area contributed by atoms with Gasteiger partial charge in [0.1, 0.15) is 0 Å². The van der Waals surface area contributed by atoms with Crippen molar-refractivity contribution in [2.45, 2.75) is 86.0 Å². The first kappa shape index (κ1) is 22.1. The van der Waals surface area contributed by atoms with E-state index in [0.717, 1.165) is 18.8 Å². The van der Waals surface area contributed by atoms with Gasteiger partial charge in [-0.3, -0.25) is 4.79 Å². The highest BCUT2D eigenvalue weighted by Gasteiger charge is 2.52. The molecule has 0 aromatic heterocycles. The van der Waals surface area contributed by atoms with E-state index in [-0.39, 0.29) is 12.3 Å². The second kappa shape index (κ2) is 8.66. The average molecular weight is 397 g/mol. The molecule has 0 radical (unpaired) electrons. The molecule has 1 unspecified atom stereocenters. The molecule has 2 fully saturated rings. The fourth-order valence-electron chi connectivity index (χ4n) is 6.63. The molecule has 3 rings (SSSR count). The summed E-state index contributed by atoms with van der Waals surface area (Å²) in [6.07, 6.45) is 11.3. The topological polar surface area (TPSA) is 37.3 Å². The van der Waals surface area contributed by atoms with Gasteiger partial charge in [0, 0.05) is 6.42 Å². The van der Waals surface area contributed by atoms with Crippen molar-refractivity contribution >= 4 is 12.0 Å². The van der Waals surface area contributed by atoms with Crippen LogP contribution in [0.5, 0.6) is 0 Å². The Bertz CT molecular complexity index is 742. The summed E-state index contributed by atoms with van der Waals surface area (Å²) in [6.45, 7) is 11.7. The van der Waals surface area contributed by atoms with Crippen molar-refractivity contribution in [2.24, 2.45) is 28.6 Å². The molecule has 2 nitrogen and oxygen atoms in total. The average Bonchev–Trinajstić information content (AvgIpc) is 2.61. The molecule has 2 aliphatic rings. The smallest absolute Gasteiger partial charge is 0.303 e. The van der Waals surface area contributed by atoms with Crippen LogP contribution in [0.3, 0.4) is 0 Å². The molecule has 0 heterocycles. The SMILES string of the molecule is Cc1ccc(/C=C2\CC[C@H]3C(C)(C)CCC[C@]3(C)[C@H]2CCC(C)CC(=O)O)cc1. The summed E-state index contributed by atoms with van der Waals surface area (Å²) in [6, 6.07) is 8.89. The van der Waals surface area contributed by atoms with Crippen LogP contribution in [0.1, 0.15) is 90.2 Å². The number of allylic oxidation sites excluding steroid dienone is 1. The van der Waals surface area contributed by atoms with Crippen LogP contribution in [0, 0.1) is 35.5 Å². The van der Waals surface area contributed by atoms with Gasteiger partial charge in [-0.05, 0) is 79.6 Å². The van der Waals surface area contributed by atoms with Crippen LogP contribution >= 0.6 is 0 Å². The maximum Gasteiger partial charge on any atom is 0.303 e. The summed E-state index contributed by atoms with van der Waals surface area (Å²) in [5.74, 6) is 0.908. The summed E-state index contributed by atoms with van der Waals surface area (Å²) < 4.78 is 0. The van der Waals surface area contributed by atoms with E-state index in [0.29, 0.717) is 16.7 Å². The lowest BCUT2D eigenvalue weighted by Gasteiger charge is -2.58. The molecule has 29 heavy (non-hydrogen) atoms. The Balaban J connectivity index is 1.90. The molecular formula is C27H40O2. The Kier molecular flexibility index (Phi) is 6.61. The van der Waals surface area contributed by atoms with Crippen LogP contribution in [0.2, 0.25) is 0 Å². The predicted octanol–water partition coefficient (Wildman–Crippen LogP) is 7.51. The summed E-state index contributed by atoms with van der Waals surface area (Å²) in [5.41, 5.74) is 4.96. The van der Waals surface area contributed by atoms with Gasteiger partial charge in [-0.2, -0.15) is 0 Å². The van der Waals surface area contributed by atoms with Crippen molar-refractivity contribution in [1.29, 1.82) is 0 Å². The number of rotatable bonds is 6. The van der Waals surface area contributed by atoms with Gasteiger partial charge in [0.15, 0.2) is 0 Å². The molecule has 1 N–H and O–H groups in total. The molecule has 0 saturated heterocycles. The minimum absolute atomic E-state index is 0.244. The monoisotopic (exact) mass is 396 g/mol. The molecule has 2 heteroatoms. The summed E-state index contributed by atoms with van der Waals surface area (Å²) >= 11 is 0. The Labute approximate surface area is 177 Å². The van der Waals surface area contributed by atoms with Crippen LogP contribution in [-0.4, -0.2) is 11.1 Å². The van der Waals surface area contributed by atoms with Crippen molar-refractivity contribution in [1.82, 2.24) is 0 Å². The molecule has 0 aliphatic heterocycles. The Morgan fingerprint density at radius 3 is 2.55 bits per heavy atom. The van der Waals surface area contributed by atoms with Crippen LogP contribution < -0.4 is 0 Å². The van der Waals surface area contributed by atoms with E-state index in [2.05, 4.69) is 65.0 Å². The van der Waals surface area contributed by atoms with E-state index in [1.807, 2.05) is 0 Å². The molecule has 160 valence electrons. The minimum atomic E-state index is -0.667. The number of aliphatic carboxylic acids is 1. The van der Waals surface area contributed by atoms with E-state index >= 15 is 0 Å². The van der Waals surface area contributed by atoms with E-state index in [1.165, 1.54) is 43.2 Å². The van der Waals surface area contributed by atoms with E-state index in [4.69, 9.17) is 0 Å². The molecule has 0 amide bonds. The van der Waals surface area contributed by atoms with Crippen LogP contribution in [0.4, 0.5) is 0 Å². The fraction of sp³-hybridized carbons (Fsp3) is 0.667. The zero-order valence-electron chi connectivity index (χ0n) is 19.1. The highest BCUT2D eigenvalue weighted by molar-refractivity contribution is 5.66. The molecule has 1 aromatic carbocycles. The summed E-state index contributed by atoms with van der Waals surface area (Å²) in [7, 11) is 0. The highest BCUT2D eigenvalue weighted by Crippen LogP contribution is 2.62. The number of fused-ring (bicyclic) bond motifs is 1. The van der Waals surface area contributed by atoms with Crippen molar-refractivity contribution in [3.05, 3.63) is 41.0 Å². The van der Waals surface area contributed by atoms with Gasteiger partial charge in [0.2, 0.25) is 0 Å². The molecule has 0 bridgehead atoms. The summed E-state index contributed by atoms with van der Waals surface area (Å²) in [4.78, 5) is 11.2. The number of hydrogen-bond donors (Lipinski definition) is 1. The van der Waals surface area contributed by atoms with E-state index < -0.39 is 5.97 Å². The van der Waals surface area contributed by atoms with Gasteiger partial charge >= 0.3 is 5.97 Å². The third-order valence-corrected chi connectivity index (χ3v) is 8.14. The Morgan fingerprint density at radius 2 is 1.90 bits per heavy atom. The van der Waals surface area contributed by atoms with Gasteiger partial charge in [-0.1, -0.05) is 75.6 Å². The number of hydrogen-bond acceptors (Lipinski definition) is 1. The van der Waals surface area contributed by atoms with Crippen LogP contribution in [0.25, 0.3) is 6.08 Å². The lowest BCUT2D eigenvalue weighted by atomic mass is 9.47. The Hall–Kier alpha value is -1.57. The van der Waals surface area contributed by atoms with Gasteiger partial charge in [-0.15, -0.1) is 0 Å². The van der Waals surface area contributed by atoms with Crippen molar-refractivity contribution in [3.63, 3.8) is 0 Å². The molecule has 1 aromatic rings. The fourth-order valence-corrected chi connectivity index (χ4v) is 6.63. The first-order valence-electron chi connectivity index (χ1n) is 11.6. The number of carbonyl (C=O) groups is 1. The third kappa shape index (κ3) is 4.95. The Morgan fingerprint density at radius 1 is 1.21 bits per heavy atom. The number of benzene rings is 1. The first-order valence-corrected chi connectivity index (χ1v) is 11.6. The lowest BCUT2D eigenvalue weighted by molar-refractivity contribution is -0.138. The quantitative estimate of drug-likeness (QED) is 0.540. The number of carboxylic acids is 1. The second-order valence-electron chi connectivity index (χ2n) is 10.9. The van der Waals surface area contributed by atoms with Crippen LogP contribution in [-0.2, 0) is 4.79 Å². The standard InChI is InChI=1S/C27H40O2/c1-19-7-10-21(11-8-19)18-22-12-14-24-26(3,4)15-6-16-27(24,5)23(22)13-9-20(2)17-25(28)29/h7-8,10-11,18,20,23-24H,6,9,12-17H2,1-5H3,(H,28,29)/b22-18+/t20?,23-,24-,27+/m0/s1. The maximum absolute atomic E-state index is 11.2. The second-order valence-corrected chi connectivity index (χ2v) is 10.9. The molecule has 0 spiro atoms. The number of aryl methyl sites for hydroxylation is 1. The predicted molar refractivity (Wildman–Crippen MR) is 122 cm³/mol. The largest absolute Gasteiger partial charge is 0.481 e. The van der Waals surface area contributed by atoms with Crippen molar-refractivity contribution < 1.29 is 9.90 Å². The highest BCUT2D eigenvalue weighted by atomic mass is 16.4. The van der Waals surface area contributed by atoms with E-state index in [9.17, 15) is 9.90 Å². The molecule has 2 aliphatic carbocycles. The molecular weight excluding hydrogens is 356 g/mol. The van der Waals surface area contributed by atoms with Gasteiger partial charge in [0.25, 0.3) is 0 Å². The van der Waals surface area contributed by atoms with Gasteiger partial charge in [-0.25, -0.2) is 0 Å². The number of carboxylic acid groups (broad SMARTS) is 1. The maximum atomic E-state index is 11.2. The van der Waals surface area contributed by atoms with Crippen LogP contribution in [0.15, 0.2) is 29.8 Å². The van der Waals surface area contributed by atoms with Gasteiger partial charge in [0.05, 0.1) is 0 Å². The molecule has 4 atom stereocenters. The minimum Gasteiger partial charge on any atom is -0.481 e. The normalized spacial score (nSPS) is 31.3. The summed E-state index contributed by atoms with van der Waals surface area (Å²) in [5, 5.41) is 9.19. The first-order chi connectivity index (χ1) is 13.6. The zero-order chi connectivity index (χ0) is 21.2. The van der Waals surface area contributed by atoms with Crippen molar-refractivity contribution in [3.8, 4) is 0 Å². The van der Waals surface area contributed by atoms with Gasteiger partial charge < -0.3 is 5.11 Å². The lowest BCUT2D eigenvalue weighted by Crippen LogP contribution is -2.49.